The summed E-state index contributed by atoms with van der Waals surface area (Å²) in [5.41, 5.74) is 2.67. The van der Waals surface area contributed by atoms with Gasteiger partial charge in [-0.15, -0.1) is 0 Å². The molecule has 0 aliphatic rings. The van der Waals surface area contributed by atoms with E-state index in [1.807, 2.05) is 32.0 Å². The van der Waals surface area contributed by atoms with E-state index in [9.17, 15) is 4.79 Å². The maximum Gasteiger partial charge on any atom is 0.358 e. The molecular weight excluding hydrogens is 246 g/mol. The Morgan fingerprint density at radius 1 is 1.32 bits per heavy atom. The average Bonchev–Trinajstić information content (AvgIpc) is 2.72. The van der Waals surface area contributed by atoms with Crippen molar-refractivity contribution in [2.75, 3.05) is 0 Å². The predicted octanol–water partition coefficient (Wildman–Crippen LogP) is 2.88. The zero-order chi connectivity index (χ0) is 14.0. The van der Waals surface area contributed by atoms with Gasteiger partial charge in [-0.2, -0.15) is 0 Å². The van der Waals surface area contributed by atoms with Crippen molar-refractivity contribution < 1.29 is 19.2 Å². The van der Waals surface area contributed by atoms with E-state index in [1.54, 1.807) is 6.92 Å². The van der Waals surface area contributed by atoms with E-state index in [4.69, 9.17) is 14.4 Å². The zero-order valence-corrected chi connectivity index (χ0v) is 11.1. The quantitative estimate of drug-likeness (QED) is 0.916. The minimum atomic E-state index is -1.12. The number of aryl methyl sites for hydroxylation is 3. The Morgan fingerprint density at radius 2 is 2.05 bits per heavy atom. The van der Waals surface area contributed by atoms with Crippen LogP contribution in [0.25, 0.3) is 0 Å². The van der Waals surface area contributed by atoms with E-state index in [2.05, 4.69) is 5.16 Å². The fourth-order valence-electron chi connectivity index (χ4n) is 1.69. The summed E-state index contributed by atoms with van der Waals surface area (Å²) in [5.74, 6) is 0.0387. The summed E-state index contributed by atoms with van der Waals surface area (Å²) >= 11 is 0. The highest BCUT2D eigenvalue weighted by molar-refractivity contribution is 5.87. The van der Waals surface area contributed by atoms with Crippen LogP contribution in [0.15, 0.2) is 22.7 Å². The number of hydrogen-bond donors (Lipinski definition) is 1. The van der Waals surface area contributed by atoms with Crippen LogP contribution < -0.4 is 4.74 Å². The van der Waals surface area contributed by atoms with E-state index >= 15 is 0 Å². The van der Waals surface area contributed by atoms with Gasteiger partial charge in [0, 0.05) is 0 Å². The van der Waals surface area contributed by atoms with Gasteiger partial charge in [0.1, 0.15) is 18.1 Å². The molecule has 0 amide bonds. The Balaban J connectivity index is 2.16. The van der Waals surface area contributed by atoms with Crippen LogP contribution in [0.3, 0.4) is 0 Å². The van der Waals surface area contributed by atoms with Crippen LogP contribution in [-0.2, 0) is 6.61 Å². The Labute approximate surface area is 110 Å². The number of rotatable bonds is 4. The lowest BCUT2D eigenvalue weighted by molar-refractivity contribution is 0.0683. The summed E-state index contributed by atoms with van der Waals surface area (Å²) in [4.78, 5) is 11.0. The van der Waals surface area contributed by atoms with Gasteiger partial charge in [0.05, 0.1) is 5.56 Å². The molecule has 0 saturated carbocycles. The first kappa shape index (κ1) is 13.1. The van der Waals surface area contributed by atoms with Crippen molar-refractivity contribution in [3.63, 3.8) is 0 Å². The van der Waals surface area contributed by atoms with Crippen molar-refractivity contribution in [1.29, 1.82) is 0 Å². The Morgan fingerprint density at radius 3 is 2.68 bits per heavy atom. The zero-order valence-electron chi connectivity index (χ0n) is 11.1. The third kappa shape index (κ3) is 2.76. The van der Waals surface area contributed by atoms with E-state index in [0.717, 1.165) is 5.56 Å². The Hall–Kier alpha value is -2.30. The number of carboxylic acids is 1. The van der Waals surface area contributed by atoms with Crippen molar-refractivity contribution in [1.82, 2.24) is 5.16 Å². The van der Waals surface area contributed by atoms with Crippen LogP contribution in [0.2, 0.25) is 0 Å². The van der Waals surface area contributed by atoms with Crippen molar-refractivity contribution >= 4 is 5.97 Å². The molecule has 0 unspecified atom stereocenters. The van der Waals surface area contributed by atoms with Gasteiger partial charge in [0.2, 0.25) is 0 Å². The molecule has 2 rings (SSSR count). The van der Waals surface area contributed by atoms with Crippen molar-refractivity contribution in [2.24, 2.45) is 0 Å². The molecule has 0 fully saturated rings. The SMILES string of the molecule is Cc1ccc(OCc2c(C(=O)O)noc2C)cc1C. The standard InChI is InChI=1S/C14H15NO4/c1-8-4-5-11(6-9(8)2)18-7-12-10(3)19-15-13(12)14(16)17/h4-6H,7H2,1-3H3,(H,16,17). The average molecular weight is 261 g/mol. The van der Waals surface area contributed by atoms with E-state index in [1.165, 1.54) is 5.56 Å². The Bertz CT molecular complexity index is 616. The molecule has 19 heavy (non-hydrogen) atoms. The van der Waals surface area contributed by atoms with E-state index in [-0.39, 0.29) is 12.3 Å². The first-order chi connectivity index (χ1) is 8.99. The van der Waals surface area contributed by atoms with Gasteiger partial charge in [0.15, 0.2) is 5.69 Å². The number of nitrogens with zero attached hydrogens (tertiary/aromatic N) is 1. The smallest absolute Gasteiger partial charge is 0.358 e. The number of aromatic nitrogens is 1. The highest BCUT2D eigenvalue weighted by atomic mass is 16.5. The summed E-state index contributed by atoms with van der Waals surface area (Å²) in [7, 11) is 0. The van der Waals surface area contributed by atoms with Crippen molar-refractivity contribution in [3.8, 4) is 5.75 Å². The number of benzene rings is 1. The van der Waals surface area contributed by atoms with Gasteiger partial charge in [0.25, 0.3) is 0 Å². The van der Waals surface area contributed by atoms with Crippen molar-refractivity contribution in [2.45, 2.75) is 27.4 Å². The molecule has 1 aromatic carbocycles. The third-order valence-electron chi connectivity index (χ3n) is 3.05. The second-order valence-electron chi connectivity index (χ2n) is 4.41. The van der Waals surface area contributed by atoms with Crippen LogP contribution in [0.4, 0.5) is 0 Å². The van der Waals surface area contributed by atoms with Gasteiger partial charge in [-0.05, 0) is 44.0 Å². The van der Waals surface area contributed by atoms with Gasteiger partial charge in [-0.25, -0.2) is 4.79 Å². The highest BCUT2D eigenvalue weighted by Crippen LogP contribution is 2.20. The molecule has 0 radical (unpaired) electrons. The summed E-state index contributed by atoms with van der Waals surface area (Å²) in [6.07, 6.45) is 0. The molecule has 1 aromatic heterocycles. The maximum atomic E-state index is 11.0. The Kier molecular flexibility index (Phi) is 3.55. The highest BCUT2D eigenvalue weighted by Gasteiger charge is 2.19. The van der Waals surface area contributed by atoms with Crippen LogP contribution in [0, 0.1) is 20.8 Å². The number of ether oxygens (including phenoxy) is 1. The summed E-state index contributed by atoms with van der Waals surface area (Å²) < 4.78 is 10.5. The van der Waals surface area contributed by atoms with Crippen LogP contribution in [-0.4, -0.2) is 16.2 Å². The molecule has 5 heteroatoms. The normalized spacial score (nSPS) is 10.5. The fraction of sp³-hybridized carbons (Fsp3) is 0.286. The number of aromatic carboxylic acids is 1. The van der Waals surface area contributed by atoms with Gasteiger partial charge >= 0.3 is 5.97 Å². The van der Waals surface area contributed by atoms with Gasteiger partial charge < -0.3 is 14.4 Å². The van der Waals surface area contributed by atoms with E-state index in [0.29, 0.717) is 17.1 Å². The summed E-state index contributed by atoms with van der Waals surface area (Å²) in [5, 5.41) is 12.5. The molecule has 100 valence electrons. The monoisotopic (exact) mass is 261 g/mol. The molecular formula is C14H15NO4. The minimum Gasteiger partial charge on any atom is -0.489 e. The van der Waals surface area contributed by atoms with Gasteiger partial charge in [-0.3, -0.25) is 0 Å². The predicted molar refractivity (Wildman–Crippen MR) is 68.4 cm³/mol. The molecule has 5 nitrogen and oxygen atoms in total. The molecule has 2 aromatic rings. The molecule has 0 aliphatic carbocycles. The molecule has 1 heterocycles. The topological polar surface area (TPSA) is 72.6 Å². The molecule has 0 spiro atoms. The van der Waals surface area contributed by atoms with Crippen LogP contribution in [0.5, 0.6) is 5.75 Å². The fourth-order valence-corrected chi connectivity index (χ4v) is 1.69. The van der Waals surface area contributed by atoms with Crippen LogP contribution >= 0.6 is 0 Å². The summed E-state index contributed by atoms with van der Waals surface area (Å²) in [6.45, 7) is 5.80. The molecule has 1 N–H and O–H groups in total. The lowest BCUT2D eigenvalue weighted by Gasteiger charge is -2.08. The lowest BCUT2D eigenvalue weighted by atomic mass is 10.1. The molecule has 0 atom stereocenters. The van der Waals surface area contributed by atoms with Crippen LogP contribution in [0.1, 0.15) is 32.9 Å². The maximum absolute atomic E-state index is 11.0. The third-order valence-corrected chi connectivity index (χ3v) is 3.05. The van der Waals surface area contributed by atoms with Gasteiger partial charge in [-0.1, -0.05) is 11.2 Å². The number of carboxylic acid groups (broad SMARTS) is 1. The van der Waals surface area contributed by atoms with E-state index < -0.39 is 5.97 Å². The number of carbonyl (C=O) groups is 1. The number of hydrogen-bond acceptors (Lipinski definition) is 4. The first-order valence-electron chi connectivity index (χ1n) is 5.87. The minimum absolute atomic E-state index is 0.0960. The van der Waals surface area contributed by atoms with Crippen molar-refractivity contribution in [3.05, 3.63) is 46.3 Å². The second-order valence-corrected chi connectivity index (χ2v) is 4.41. The second kappa shape index (κ2) is 5.14. The first-order valence-corrected chi connectivity index (χ1v) is 5.87. The molecule has 0 bridgehead atoms. The molecule has 0 saturated heterocycles. The largest absolute Gasteiger partial charge is 0.489 e. The lowest BCUT2D eigenvalue weighted by Crippen LogP contribution is -2.05. The summed E-state index contributed by atoms with van der Waals surface area (Å²) in [6, 6.07) is 5.73. The molecule has 0 aliphatic heterocycles.